The molecule has 0 unspecified atom stereocenters. The summed E-state index contributed by atoms with van der Waals surface area (Å²) in [5.41, 5.74) is 13.6. The molecular formula is C19H20N2S. The number of hydrogen-bond donors (Lipinski definition) is 1. The van der Waals surface area contributed by atoms with Gasteiger partial charge in [0.1, 0.15) is 0 Å². The van der Waals surface area contributed by atoms with E-state index in [1.165, 1.54) is 46.5 Å². The largest absolute Gasteiger partial charge is 0.397 e. The molecule has 0 amide bonds. The lowest BCUT2D eigenvalue weighted by molar-refractivity contribution is 0.709. The molecule has 1 aliphatic carbocycles. The number of nitrogen functional groups attached to an aromatic ring is 1. The second-order valence-electron chi connectivity index (χ2n) is 6.20. The average molecular weight is 308 g/mol. The molecule has 0 aliphatic heterocycles. The summed E-state index contributed by atoms with van der Waals surface area (Å²) in [5, 5.41) is 0. The molecule has 22 heavy (non-hydrogen) atoms. The first-order chi connectivity index (χ1) is 10.7. The van der Waals surface area contributed by atoms with Crippen LogP contribution in [-0.4, -0.2) is 4.98 Å². The van der Waals surface area contributed by atoms with Crippen LogP contribution in [0.4, 0.5) is 5.69 Å². The van der Waals surface area contributed by atoms with Gasteiger partial charge in [-0.3, -0.25) is 4.98 Å². The summed E-state index contributed by atoms with van der Waals surface area (Å²) in [4.78, 5) is 6.19. The number of nitrogens with two attached hydrogens (primary N) is 1. The van der Waals surface area contributed by atoms with Gasteiger partial charge in [-0.25, -0.2) is 0 Å². The van der Waals surface area contributed by atoms with Gasteiger partial charge in [0.2, 0.25) is 0 Å². The lowest BCUT2D eigenvalue weighted by Crippen LogP contribution is -2.01. The van der Waals surface area contributed by atoms with Crippen molar-refractivity contribution < 1.29 is 0 Å². The van der Waals surface area contributed by atoms with Gasteiger partial charge in [-0.15, -0.1) is 11.3 Å². The standard InChI is InChI=1S/C19H20N2S/c1-12-7-9-13(10-8-12)17-11-16-19(22-17)18(20)14-5-3-2-4-6-15(14)21-16/h7-11H,2-6H2,1H3,(H2,20,21). The van der Waals surface area contributed by atoms with Crippen molar-refractivity contribution in [2.45, 2.75) is 39.0 Å². The molecule has 4 rings (SSSR count). The molecule has 3 heteroatoms. The van der Waals surface area contributed by atoms with E-state index in [2.05, 4.69) is 37.3 Å². The maximum absolute atomic E-state index is 6.50. The zero-order chi connectivity index (χ0) is 15.1. The van der Waals surface area contributed by atoms with Gasteiger partial charge >= 0.3 is 0 Å². The van der Waals surface area contributed by atoms with E-state index in [1.807, 2.05) is 0 Å². The average Bonchev–Trinajstić information content (AvgIpc) is 2.80. The molecule has 0 radical (unpaired) electrons. The van der Waals surface area contributed by atoms with E-state index < -0.39 is 0 Å². The maximum Gasteiger partial charge on any atom is 0.0840 e. The Hall–Kier alpha value is -1.87. The molecule has 2 nitrogen and oxygen atoms in total. The van der Waals surface area contributed by atoms with E-state index >= 15 is 0 Å². The van der Waals surface area contributed by atoms with E-state index in [-0.39, 0.29) is 0 Å². The number of benzene rings is 1. The zero-order valence-electron chi connectivity index (χ0n) is 12.9. The van der Waals surface area contributed by atoms with E-state index in [0.717, 1.165) is 28.7 Å². The minimum absolute atomic E-state index is 0.977. The first-order valence-corrected chi connectivity index (χ1v) is 8.82. The third kappa shape index (κ3) is 2.30. The Morgan fingerprint density at radius 3 is 2.64 bits per heavy atom. The third-order valence-corrected chi connectivity index (χ3v) is 5.77. The highest BCUT2D eigenvalue weighted by Crippen LogP contribution is 2.39. The fraction of sp³-hybridized carbons (Fsp3) is 0.316. The minimum atomic E-state index is 0.977. The number of thiophene rings is 1. The van der Waals surface area contributed by atoms with Crippen LogP contribution in [0.1, 0.15) is 36.1 Å². The Bertz CT molecular complexity index is 831. The Kier molecular flexibility index (Phi) is 3.38. The molecule has 0 fully saturated rings. The lowest BCUT2D eigenvalue weighted by Gasteiger charge is -2.08. The minimum Gasteiger partial charge on any atom is -0.397 e. The summed E-state index contributed by atoms with van der Waals surface area (Å²) < 4.78 is 1.16. The molecule has 1 aromatic carbocycles. The molecule has 0 spiro atoms. The molecule has 0 saturated heterocycles. The molecule has 0 bridgehead atoms. The monoisotopic (exact) mass is 308 g/mol. The molecule has 2 N–H and O–H groups in total. The molecule has 1 aliphatic rings. The summed E-state index contributed by atoms with van der Waals surface area (Å²) in [7, 11) is 0. The number of hydrogen-bond acceptors (Lipinski definition) is 3. The highest BCUT2D eigenvalue weighted by atomic mass is 32.1. The van der Waals surface area contributed by atoms with Crippen molar-refractivity contribution in [1.82, 2.24) is 4.98 Å². The summed E-state index contributed by atoms with van der Waals surface area (Å²) >= 11 is 1.77. The number of anilines is 1. The normalized spacial score (nSPS) is 14.8. The van der Waals surface area contributed by atoms with Crippen LogP contribution in [0.3, 0.4) is 0 Å². The van der Waals surface area contributed by atoms with Crippen molar-refractivity contribution in [3.8, 4) is 10.4 Å². The van der Waals surface area contributed by atoms with E-state index in [0.29, 0.717) is 0 Å². The van der Waals surface area contributed by atoms with Crippen molar-refractivity contribution >= 4 is 27.2 Å². The Morgan fingerprint density at radius 2 is 1.82 bits per heavy atom. The van der Waals surface area contributed by atoms with Crippen LogP contribution in [0.15, 0.2) is 30.3 Å². The van der Waals surface area contributed by atoms with Gasteiger partial charge in [-0.2, -0.15) is 0 Å². The first kappa shape index (κ1) is 13.8. The highest BCUT2D eigenvalue weighted by Gasteiger charge is 2.17. The van der Waals surface area contributed by atoms with Crippen LogP contribution in [-0.2, 0) is 12.8 Å². The summed E-state index contributed by atoms with van der Waals surface area (Å²) in [6.45, 7) is 2.12. The maximum atomic E-state index is 6.50. The number of rotatable bonds is 1. The second-order valence-corrected chi connectivity index (χ2v) is 7.25. The van der Waals surface area contributed by atoms with Crippen molar-refractivity contribution in [2.75, 3.05) is 5.73 Å². The molecule has 2 aromatic heterocycles. The number of aromatic nitrogens is 1. The van der Waals surface area contributed by atoms with Crippen LogP contribution in [0.5, 0.6) is 0 Å². The van der Waals surface area contributed by atoms with Gasteiger partial charge in [0.25, 0.3) is 0 Å². The van der Waals surface area contributed by atoms with Gasteiger partial charge in [-0.05, 0) is 49.8 Å². The van der Waals surface area contributed by atoms with Crippen molar-refractivity contribution in [3.05, 3.63) is 47.2 Å². The van der Waals surface area contributed by atoms with Crippen LogP contribution < -0.4 is 5.73 Å². The summed E-state index contributed by atoms with van der Waals surface area (Å²) in [6.07, 6.45) is 5.92. The summed E-state index contributed by atoms with van der Waals surface area (Å²) in [6, 6.07) is 10.9. The van der Waals surface area contributed by atoms with Crippen molar-refractivity contribution in [1.29, 1.82) is 0 Å². The predicted molar refractivity (Wildman–Crippen MR) is 95.5 cm³/mol. The Balaban J connectivity index is 1.87. The van der Waals surface area contributed by atoms with Crippen LogP contribution >= 0.6 is 11.3 Å². The number of aryl methyl sites for hydroxylation is 2. The van der Waals surface area contributed by atoms with Gasteiger partial charge in [-0.1, -0.05) is 36.2 Å². The number of pyridine rings is 1. The number of nitrogens with zero attached hydrogens (tertiary/aromatic N) is 1. The SMILES string of the molecule is Cc1ccc(-c2cc3nc4c(c(N)c3s2)CCCCC4)cc1. The second kappa shape index (κ2) is 5.40. The molecule has 2 heterocycles. The van der Waals surface area contributed by atoms with Crippen LogP contribution in [0.2, 0.25) is 0 Å². The Labute approximate surface area is 135 Å². The van der Waals surface area contributed by atoms with Gasteiger partial charge in [0, 0.05) is 10.6 Å². The smallest absolute Gasteiger partial charge is 0.0840 e. The van der Waals surface area contributed by atoms with Gasteiger partial charge < -0.3 is 5.73 Å². The zero-order valence-corrected chi connectivity index (χ0v) is 13.7. The number of fused-ring (bicyclic) bond motifs is 2. The molecule has 112 valence electrons. The lowest BCUT2D eigenvalue weighted by atomic mass is 10.1. The van der Waals surface area contributed by atoms with Crippen LogP contribution in [0.25, 0.3) is 20.7 Å². The fourth-order valence-corrected chi connectivity index (χ4v) is 4.37. The predicted octanol–water partition coefficient (Wildman–Crippen LogP) is 5.12. The van der Waals surface area contributed by atoms with E-state index in [4.69, 9.17) is 10.7 Å². The molecule has 3 aromatic rings. The highest BCUT2D eigenvalue weighted by molar-refractivity contribution is 7.22. The first-order valence-electron chi connectivity index (χ1n) is 8.00. The van der Waals surface area contributed by atoms with Crippen molar-refractivity contribution in [2.24, 2.45) is 0 Å². The van der Waals surface area contributed by atoms with Crippen LogP contribution in [0, 0.1) is 6.92 Å². The quantitative estimate of drug-likeness (QED) is 0.633. The van der Waals surface area contributed by atoms with Crippen molar-refractivity contribution in [3.63, 3.8) is 0 Å². The third-order valence-electron chi connectivity index (χ3n) is 4.56. The van der Waals surface area contributed by atoms with Gasteiger partial charge in [0.15, 0.2) is 0 Å². The Morgan fingerprint density at radius 1 is 1.05 bits per heavy atom. The van der Waals surface area contributed by atoms with E-state index in [1.54, 1.807) is 11.3 Å². The summed E-state index contributed by atoms with van der Waals surface area (Å²) in [5.74, 6) is 0. The fourth-order valence-electron chi connectivity index (χ4n) is 3.28. The molecule has 0 atom stereocenters. The topological polar surface area (TPSA) is 38.9 Å². The van der Waals surface area contributed by atoms with Gasteiger partial charge in [0.05, 0.1) is 15.9 Å². The van der Waals surface area contributed by atoms with E-state index in [9.17, 15) is 0 Å². The molecule has 0 saturated carbocycles. The molecular weight excluding hydrogens is 288 g/mol.